The number of unbranched alkanes of at least 4 members (excludes halogenated alkanes) is 1. The lowest BCUT2D eigenvalue weighted by Crippen LogP contribution is -2.27. The van der Waals surface area contributed by atoms with Crippen LogP contribution >= 0.6 is 0 Å². The van der Waals surface area contributed by atoms with Gasteiger partial charge in [0.05, 0.1) is 23.2 Å². The number of nitrogens with one attached hydrogen (secondary N) is 1. The van der Waals surface area contributed by atoms with Gasteiger partial charge in [-0.3, -0.25) is 0 Å². The van der Waals surface area contributed by atoms with E-state index in [0.717, 1.165) is 44.1 Å². The molecule has 0 bridgehead atoms. The van der Waals surface area contributed by atoms with Gasteiger partial charge in [-0.05, 0) is 81.8 Å². The van der Waals surface area contributed by atoms with E-state index < -0.39 is 21.8 Å². The highest BCUT2D eigenvalue weighted by Gasteiger charge is 2.34. The fourth-order valence-corrected chi connectivity index (χ4v) is 5.51. The van der Waals surface area contributed by atoms with Crippen molar-refractivity contribution in [2.75, 3.05) is 47.0 Å². The van der Waals surface area contributed by atoms with Crippen molar-refractivity contribution in [2.24, 2.45) is 0 Å². The second-order valence-electron chi connectivity index (χ2n) is 8.60. The number of sulfonamides is 1. The summed E-state index contributed by atoms with van der Waals surface area (Å²) >= 11 is 0. The number of likely N-dealkylation sites (N-methyl/N-ethyl adjacent to an activating group) is 1. The molecule has 0 saturated heterocycles. The number of nitrogens with zero attached hydrogens (tertiary/aromatic N) is 1. The molecule has 6 nitrogen and oxygen atoms in total. The Morgan fingerprint density at radius 3 is 2.39 bits per heavy atom. The molecule has 2 rings (SSSR count). The van der Waals surface area contributed by atoms with Gasteiger partial charge < -0.3 is 14.4 Å². The minimum Gasteiger partial charge on any atom is -0.383 e. The Morgan fingerprint density at radius 1 is 1.09 bits per heavy atom. The van der Waals surface area contributed by atoms with Gasteiger partial charge >= 0.3 is 6.18 Å². The molecule has 33 heavy (non-hydrogen) atoms. The van der Waals surface area contributed by atoms with Crippen LogP contribution in [0.4, 0.5) is 13.2 Å². The molecule has 1 fully saturated rings. The molecule has 0 radical (unpaired) electrons. The quantitative estimate of drug-likeness (QED) is 0.412. The molecule has 1 N–H and O–H groups in total. The fraction of sp³-hybridized carbons (Fsp3) is 0.739. The van der Waals surface area contributed by atoms with E-state index >= 15 is 0 Å². The van der Waals surface area contributed by atoms with Gasteiger partial charge in [-0.25, -0.2) is 13.1 Å². The van der Waals surface area contributed by atoms with E-state index in [-0.39, 0.29) is 29.0 Å². The van der Waals surface area contributed by atoms with Crippen molar-refractivity contribution < 1.29 is 31.1 Å². The van der Waals surface area contributed by atoms with Gasteiger partial charge in [0.2, 0.25) is 10.0 Å². The van der Waals surface area contributed by atoms with Crippen molar-refractivity contribution in [3.8, 4) is 0 Å². The molecule has 10 heteroatoms. The Hall–Kier alpha value is -1.20. The summed E-state index contributed by atoms with van der Waals surface area (Å²) in [5.41, 5.74) is -0.565. The third kappa shape index (κ3) is 8.83. The molecule has 0 atom stereocenters. The largest absolute Gasteiger partial charge is 0.416 e. The van der Waals surface area contributed by atoms with Gasteiger partial charge in [0.25, 0.3) is 0 Å². The Labute approximate surface area is 195 Å². The molecule has 0 spiro atoms. The molecule has 1 saturated carbocycles. The van der Waals surface area contributed by atoms with E-state index in [1.165, 1.54) is 0 Å². The van der Waals surface area contributed by atoms with Crippen LogP contribution in [-0.4, -0.2) is 66.4 Å². The van der Waals surface area contributed by atoms with Gasteiger partial charge in [0.1, 0.15) is 0 Å². The lowest BCUT2D eigenvalue weighted by atomic mass is 9.82. The number of hydrogen-bond donors (Lipinski definition) is 1. The molecule has 190 valence electrons. The van der Waals surface area contributed by atoms with E-state index in [4.69, 9.17) is 9.47 Å². The smallest absolute Gasteiger partial charge is 0.383 e. The van der Waals surface area contributed by atoms with E-state index in [9.17, 15) is 21.6 Å². The predicted molar refractivity (Wildman–Crippen MR) is 122 cm³/mol. The highest BCUT2D eigenvalue weighted by Crippen LogP contribution is 2.40. The first-order valence-corrected chi connectivity index (χ1v) is 13.1. The zero-order chi connectivity index (χ0) is 24.5. The molecule has 1 aromatic carbocycles. The first-order valence-electron chi connectivity index (χ1n) is 11.6. The van der Waals surface area contributed by atoms with Crippen molar-refractivity contribution in [1.82, 2.24) is 9.62 Å². The molecule has 1 aromatic rings. The van der Waals surface area contributed by atoms with Crippen LogP contribution < -0.4 is 4.72 Å². The zero-order valence-electron chi connectivity index (χ0n) is 19.8. The van der Waals surface area contributed by atoms with Crippen LogP contribution in [0.2, 0.25) is 0 Å². The number of methoxy groups -OCH3 is 1. The summed E-state index contributed by atoms with van der Waals surface area (Å²) in [6, 6.07) is 2.94. The van der Waals surface area contributed by atoms with Crippen LogP contribution in [0.25, 0.3) is 0 Å². The summed E-state index contributed by atoms with van der Waals surface area (Å²) in [6.45, 7) is 5.03. The van der Waals surface area contributed by atoms with Crippen LogP contribution in [-0.2, 0) is 25.7 Å². The van der Waals surface area contributed by atoms with Gasteiger partial charge in [0, 0.05) is 26.8 Å². The second-order valence-corrected chi connectivity index (χ2v) is 10.3. The minimum absolute atomic E-state index is 0.0562. The minimum atomic E-state index is -4.52. The Kier molecular flexibility index (Phi) is 11.1. The summed E-state index contributed by atoms with van der Waals surface area (Å²) in [5.74, 6) is -0.245. The Bertz CT molecular complexity index is 825. The number of halogens is 3. The van der Waals surface area contributed by atoms with E-state index in [2.05, 4.69) is 16.7 Å². The fourth-order valence-electron chi connectivity index (χ4n) is 4.19. The topological polar surface area (TPSA) is 67.9 Å². The highest BCUT2D eigenvalue weighted by atomic mass is 32.2. The number of hydrogen-bond acceptors (Lipinski definition) is 5. The van der Waals surface area contributed by atoms with Crippen LogP contribution in [0.3, 0.4) is 0 Å². The van der Waals surface area contributed by atoms with Crippen molar-refractivity contribution >= 4 is 10.0 Å². The van der Waals surface area contributed by atoms with Gasteiger partial charge in [-0.2, -0.15) is 13.2 Å². The SMILES string of the molecule is CCNS(=O)(=O)c1ccc(C(F)(F)F)cc1C1CCC(OCCCCN(C)CCOC)CC1. The first-order chi connectivity index (χ1) is 15.6. The van der Waals surface area contributed by atoms with Crippen LogP contribution in [0.5, 0.6) is 0 Å². The standard InChI is InChI=1S/C23H37F3N2O4S/c1-4-27-33(29,30)22-12-9-19(23(24,25)26)17-21(22)18-7-10-20(11-8-18)32-15-6-5-13-28(2)14-16-31-3/h9,12,17-18,20,27H,4-8,10-11,13-16H2,1-3H3. The third-order valence-corrected chi connectivity index (χ3v) is 7.66. The Morgan fingerprint density at radius 2 is 1.79 bits per heavy atom. The average molecular weight is 495 g/mol. The second kappa shape index (κ2) is 13.0. The molecule has 0 amide bonds. The summed E-state index contributed by atoms with van der Waals surface area (Å²) in [7, 11) is -0.119. The number of rotatable bonds is 13. The molecule has 1 aliphatic carbocycles. The zero-order valence-corrected chi connectivity index (χ0v) is 20.6. The molecule has 0 aromatic heterocycles. The van der Waals surface area contributed by atoms with E-state index in [1.807, 2.05) is 0 Å². The van der Waals surface area contributed by atoms with Crippen LogP contribution in [0.1, 0.15) is 62.5 Å². The molecule has 1 aliphatic rings. The molecular formula is C23H37F3N2O4S. The molecule has 0 heterocycles. The normalized spacial score (nSPS) is 19.8. The maximum absolute atomic E-state index is 13.3. The van der Waals surface area contributed by atoms with Gasteiger partial charge in [-0.1, -0.05) is 6.92 Å². The molecule has 0 unspecified atom stereocenters. The van der Waals surface area contributed by atoms with Crippen LogP contribution in [0.15, 0.2) is 23.1 Å². The van der Waals surface area contributed by atoms with Crippen molar-refractivity contribution in [1.29, 1.82) is 0 Å². The maximum atomic E-state index is 13.3. The van der Waals surface area contributed by atoms with E-state index in [1.54, 1.807) is 14.0 Å². The summed E-state index contributed by atoms with van der Waals surface area (Å²) in [6.07, 6.45) is 0.104. The third-order valence-electron chi connectivity index (χ3n) is 6.04. The van der Waals surface area contributed by atoms with Gasteiger partial charge in [-0.15, -0.1) is 0 Å². The van der Waals surface area contributed by atoms with Gasteiger partial charge in [0.15, 0.2) is 0 Å². The predicted octanol–water partition coefficient (Wildman–Crippen LogP) is 4.40. The van der Waals surface area contributed by atoms with Crippen molar-refractivity contribution in [3.05, 3.63) is 29.3 Å². The van der Waals surface area contributed by atoms with Crippen molar-refractivity contribution in [2.45, 2.75) is 68.5 Å². The molecule has 0 aliphatic heterocycles. The summed E-state index contributed by atoms with van der Waals surface area (Å²) < 4.78 is 78.5. The molecular weight excluding hydrogens is 457 g/mol. The van der Waals surface area contributed by atoms with E-state index in [0.29, 0.717) is 38.9 Å². The van der Waals surface area contributed by atoms with Crippen molar-refractivity contribution in [3.63, 3.8) is 0 Å². The lowest BCUT2D eigenvalue weighted by Gasteiger charge is -2.30. The van der Waals surface area contributed by atoms with Crippen LogP contribution in [0, 0.1) is 0 Å². The monoisotopic (exact) mass is 494 g/mol. The highest BCUT2D eigenvalue weighted by molar-refractivity contribution is 7.89. The average Bonchev–Trinajstić information content (AvgIpc) is 2.77. The number of benzene rings is 1. The lowest BCUT2D eigenvalue weighted by molar-refractivity contribution is -0.137. The first kappa shape index (κ1) is 28.0. The number of alkyl halides is 3. The Balaban J connectivity index is 1.93. The maximum Gasteiger partial charge on any atom is 0.416 e. The summed E-state index contributed by atoms with van der Waals surface area (Å²) in [5, 5.41) is 0. The number of ether oxygens (including phenoxy) is 2. The summed E-state index contributed by atoms with van der Waals surface area (Å²) in [4.78, 5) is 2.15.